The number of nitro groups is 1. The first-order chi connectivity index (χ1) is 12.3. The van der Waals surface area contributed by atoms with Gasteiger partial charge in [-0.2, -0.15) is 18.4 Å². The van der Waals surface area contributed by atoms with Gasteiger partial charge in [-0.1, -0.05) is 6.07 Å². The zero-order valence-electron chi connectivity index (χ0n) is 13.6. The molecule has 0 unspecified atom stereocenters. The zero-order chi connectivity index (χ0) is 18.9. The summed E-state index contributed by atoms with van der Waals surface area (Å²) in [6.07, 6.45) is 0.470. The molecule has 136 valence electrons. The molecule has 0 aliphatic carbocycles. The van der Waals surface area contributed by atoms with Crippen molar-refractivity contribution in [2.75, 3.05) is 5.75 Å². The van der Waals surface area contributed by atoms with Gasteiger partial charge in [0.2, 0.25) is 0 Å². The topological polar surface area (TPSA) is 102 Å². The van der Waals surface area contributed by atoms with Crippen molar-refractivity contribution in [2.24, 2.45) is 5.10 Å². The molecule has 1 heterocycles. The highest BCUT2D eigenvalue weighted by atomic mass is 32.2. The predicted octanol–water partition coefficient (Wildman–Crippen LogP) is 3.22. The van der Waals surface area contributed by atoms with Gasteiger partial charge in [-0.15, -0.1) is 11.8 Å². The third-order valence-electron chi connectivity index (χ3n) is 3.84. The van der Waals surface area contributed by atoms with Gasteiger partial charge in [0.1, 0.15) is 5.82 Å². The number of hydrazone groups is 1. The Kier molecular flexibility index (Phi) is 4.97. The quantitative estimate of drug-likeness (QED) is 0.633. The summed E-state index contributed by atoms with van der Waals surface area (Å²) in [7, 11) is -4.09. The number of sulfonamides is 1. The number of hydrogen-bond acceptors (Lipinski definition) is 6. The fraction of sp³-hybridized carbons (Fsp3) is 0.188. The Morgan fingerprint density at radius 3 is 2.77 bits per heavy atom. The highest BCUT2D eigenvalue weighted by Crippen LogP contribution is 2.30. The minimum Gasteiger partial charge on any atom is -0.258 e. The summed E-state index contributed by atoms with van der Waals surface area (Å²) < 4.78 is 38.3. The third kappa shape index (κ3) is 3.70. The smallest absolute Gasteiger partial charge is 0.258 e. The molecule has 2 aromatic carbocycles. The molecular formula is C16H14FN3O4S2. The second-order valence-electron chi connectivity index (χ2n) is 5.60. The van der Waals surface area contributed by atoms with Gasteiger partial charge in [0.15, 0.2) is 0 Å². The Morgan fingerprint density at radius 2 is 2.04 bits per heavy atom. The Labute approximate surface area is 153 Å². The van der Waals surface area contributed by atoms with Crippen LogP contribution in [0.4, 0.5) is 10.1 Å². The van der Waals surface area contributed by atoms with E-state index in [1.165, 1.54) is 43.0 Å². The average molecular weight is 395 g/mol. The number of hydrogen-bond donors (Lipinski definition) is 1. The van der Waals surface area contributed by atoms with E-state index in [2.05, 4.69) is 9.93 Å². The van der Waals surface area contributed by atoms with Crippen LogP contribution >= 0.6 is 11.8 Å². The average Bonchev–Trinajstić information content (AvgIpc) is 2.60. The summed E-state index contributed by atoms with van der Waals surface area (Å²) in [4.78, 5) is 13.0. The van der Waals surface area contributed by atoms with Crippen LogP contribution in [0.25, 0.3) is 0 Å². The molecule has 1 N–H and O–H groups in total. The van der Waals surface area contributed by atoms with Crippen molar-refractivity contribution in [1.29, 1.82) is 0 Å². The second-order valence-corrected chi connectivity index (χ2v) is 8.40. The Morgan fingerprint density at radius 1 is 1.27 bits per heavy atom. The normalized spacial score (nSPS) is 15.5. The number of benzene rings is 2. The molecule has 0 fully saturated rings. The van der Waals surface area contributed by atoms with E-state index >= 15 is 0 Å². The van der Waals surface area contributed by atoms with Gasteiger partial charge in [0.25, 0.3) is 15.7 Å². The molecular weight excluding hydrogens is 381 g/mol. The molecule has 0 radical (unpaired) electrons. The lowest BCUT2D eigenvalue weighted by Gasteiger charge is -2.17. The van der Waals surface area contributed by atoms with Crippen LogP contribution in [-0.4, -0.2) is 24.8 Å². The highest BCUT2D eigenvalue weighted by molar-refractivity contribution is 7.99. The van der Waals surface area contributed by atoms with Crippen LogP contribution in [0.15, 0.2) is 51.3 Å². The maximum absolute atomic E-state index is 13.5. The summed E-state index contributed by atoms with van der Waals surface area (Å²) in [5.74, 6) is 0.255. The van der Waals surface area contributed by atoms with Crippen LogP contribution < -0.4 is 4.83 Å². The molecule has 0 saturated carbocycles. The number of rotatable bonds is 4. The Bertz CT molecular complexity index is 1020. The lowest BCUT2D eigenvalue weighted by Crippen LogP contribution is -2.22. The van der Waals surface area contributed by atoms with Crippen molar-refractivity contribution in [3.05, 3.63) is 63.5 Å². The summed E-state index contributed by atoms with van der Waals surface area (Å²) in [6.45, 7) is 1.52. The number of nitrogens with one attached hydrogen (secondary N) is 1. The van der Waals surface area contributed by atoms with Crippen molar-refractivity contribution >= 4 is 33.2 Å². The van der Waals surface area contributed by atoms with Crippen LogP contribution in [0.3, 0.4) is 0 Å². The van der Waals surface area contributed by atoms with Gasteiger partial charge in [0.05, 0.1) is 15.5 Å². The van der Waals surface area contributed by atoms with E-state index in [1.54, 1.807) is 6.07 Å². The van der Waals surface area contributed by atoms with Crippen LogP contribution in [0.2, 0.25) is 0 Å². The van der Waals surface area contributed by atoms with Crippen LogP contribution in [0.5, 0.6) is 0 Å². The van der Waals surface area contributed by atoms with Crippen LogP contribution in [-0.2, 0) is 10.0 Å². The fourth-order valence-corrected chi connectivity index (χ4v) is 4.34. The maximum atomic E-state index is 13.5. The predicted molar refractivity (Wildman–Crippen MR) is 96.4 cm³/mol. The van der Waals surface area contributed by atoms with E-state index < -0.39 is 20.8 Å². The van der Waals surface area contributed by atoms with E-state index in [1.807, 2.05) is 0 Å². The second kappa shape index (κ2) is 7.04. The summed E-state index contributed by atoms with van der Waals surface area (Å²) in [5, 5.41) is 14.9. The Balaban J connectivity index is 1.93. The number of nitro benzene ring substituents is 1. The van der Waals surface area contributed by atoms with Gasteiger partial charge < -0.3 is 0 Å². The molecule has 3 rings (SSSR count). The lowest BCUT2D eigenvalue weighted by atomic mass is 10.1. The molecule has 0 aromatic heterocycles. The van der Waals surface area contributed by atoms with Crippen molar-refractivity contribution in [2.45, 2.75) is 23.1 Å². The number of thioether (sulfide) groups is 1. The molecule has 26 heavy (non-hydrogen) atoms. The number of halogens is 1. The number of fused-ring (bicyclic) bond motifs is 1. The molecule has 7 nitrogen and oxygen atoms in total. The Hall–Kier alpha value is -2.46. The van der Waals surface area contributed by atoms with Crippen molar-refractivity contribution < 1.29 is 17.7 Å². The molecule has 0 saturated heterocycles. The van der Waals surface area contributed by atoms with Crippen molar-refractivity contribution in [1.82, 2.24) is 4.83 Å². The van der Waals surface area contributed by atoms with Crippen LogP contribution in [0, 0.1) is 22.9 Å². The SMILES string of the molecule is Cc1ccc(S(=O)(=O)N/N=C2/CCSc3ccc(F)cc32)cc1[N+](=O)[O-]. The van der Waals surface area contributed by atoms with Gasteiger partial charge in [-0.05, 0) is 31.2 Å². The largest absolute Gasteiger partial charge is 0.276 e. The molecule has 1 aliphatic heterocycles. The van der Waals surface area contributed by atoms with Gasteiger partial charge >= 0.3 is 0 Å². The molecule has 0 atom stereocenters. The van der Waals surface area contributed by atoms with E-state index in [0.29, 0.717) is 29.0 Å². The van der Waals surface area contributed by atoms with Crippen LogP contribution in [0.1, 0.15) is 17.5 Å². The van der Waals surface area contributed by atoms with E-state index in [0.717, 1.165) is 11.0 Å². The minimum atomic E-state index is -4.09. The monoisotopic (exact) mass is 395 g/mol. The van der Waals surface area contributed by atoms with Crippen molar-refractivity contribution in [3.63, 3.8) is 0 Å². The fourth-order valence-electron chi connectivity index (χ4n) is 2.48. The molecule has 0 bridgehead atoms. The van der Waals surface area contributed by atoms with Gasteiger partial charge in [-0.25, -0.2) is 4.39 Å². The third-order valence-corrected chi connectivity index (χ3v) is 6.12. The first-order valence-corrected chi connectivity index (χ1v) is 10.0. The zero-order valence-corrected chi connectivity index (χ0v) is 15.2. The van der Waals surface area contributed by atoms with E-state index in [4.69, 9.17) is 0 Å². The standard InChI is InChI=1S/C16H14FN3O4S2/c1-10-2-4-12(9-15(10)20(21)22)26(23,24)19-18-14-6-7-25-16-5-3-11(17)8-13(14)16/h2-5,8-9,19H,6-7H2,1H3/b18-14-. The summed E-state index contributed by atoms with van der Waals surface area (Å²) in [5.41, 5.74) is 1.03. The summed E-state index contributed by atoms with van der Waals surface area (Å²) in [6, 6.07) is 7.90. The molecule has 1 aliphatic rings. The first kappa shape index (κ1) is 18.3. The molecule has 0 amide bonds. The van der Waals surface area contributed by atoms with E-state index in [-0.39, 0.29) is 10.6 Å². The van der Waals surface area contributed by atoms with Gasteiger partial charge in [0, 0.05) is 34.3 Å². The molecule has 10 heteroatoms. The first-order valence-electron chi connectivity index (χ1n) is 7.54. The minimum absolute atomic E-state index is 0.260. The summed E-state index contributed by atoms with van der Waals surface area (Å²) >= 11 is 1.54. The highest BCUT2D eigenvalue weighted by Gasteiger charge is 2.21. The molecule has 2 aromatic rings. The molecule has 0 spiro atoms. The lowest BCUT2D eigenvalue weighted by molar-refractivity contribution is -0.385. The maximum Gasteiger partial charge on any atom is 0.276 e. The van der Waals surface area contributed by atoms with E-state index in [9.17, 15) is 22.9 Å². The number of nitrogens with zero attached hydrogens (tertiary/aromatic N) is 2. The number of aryl methyl sites for hydroxylation is 1. The van der Waals surface area contributed by atoms with Gasteiger partial charge in [-0.3, -0.25) is 10.1 Å². The van der Waals surface area contributed by atoms with Crippen molar-refractivity contribution in [3.8, 4) is 0 Å².